The highest BCUT2D eigenvalue weighted by atomic mass is 32.2. The molecule has 7 heteroatoms. The maximum atomic E-state index is 12.8. The van der Waals surface area contributed by atoms with Crippen molar-refractivity contribution in [2.24, 2.45) is 0 Å². The normalized spacial score (nSPS) is 11.3. The second-order valence-electron chi connectivity index (χ2n) is 6.37. The van der Waals surface area contributed by atoms with Crippen molar-refractivity contribution in [2.45, 2.75) is 38.5 Å². The first kappa shape index (κ1) is 20.0. The van der Waals surface area contributed by atoms with Crippen LogP contribution in [0.2, 0.25) is 0 Å². The molecule has 0 fully saturated rings. The van der Waals surface area contributed by atoms with E-state index in [1.165, 1.54) is 13.3 Å². The van der Waals surface area contributed by atoms with Crippen molar-refractivity contribution < 1.29 is 13.2 Å². The number of hydrogen-bond acceptors (Lipinski definition) is 5. The number of unbranched alkanes of at least 4 members (excludes halogenated alkanes) is 1. The molecule has 0 aliphatic heterocycles. The number of anilines is 2. The molecule has 0 spiro atoms. The van der Waals surface area contributed by atoms with Gasteiger partial charge in [-0.25, -0.2) is 13.4 Å². The monoisotopic (exact) mass is 377 g/mol. The van der Waals surface area contributed by atoms with E-state index in [9.17, 15) is 8.42 Å². The van der Waals surface area contributed by atoms with Gasteiger partial charge >= 0.3 is 0 Å². The molecule has 0 radical (unpaired) electrons. The van der Waals surface area contributed by atoms with Crippen LogP contribution >= 0.6 is 0 Å². The summed E-state index contributed by atoms with van der Waals surface area (Å²) in [5.41, 5.74) is 2.28. The van der Waals surface area contributed by atoms with Crippen LogP contribution in [-0.2, 0) is 10.0 Å². The number of sulfonamides is 1. The number of benzene rings is 1. The molecule has 1 aromatic carbocycles. The van der Waals surface area contributed by atoms with Crippen LogP contribution in [0.5, 0.6) is 5.75 Å². The lowest BCUT2D eigenvalue weighted by Crippen LogP contribution is -2.19. The number of nitrogens with zero attached hydrogens (tertiary/aromatic N) is 2. The Labute approximate surface area is 156 Å². The zero-order valence-corrected chi connectivity index (χ0v) is 16.9. The van der Waals surface area contributed by atoms with Crippen LogP contribution in [0.3, 0.4) is 0 Å². The quantitative estimate of drug-likeness (QED) is 0.759. The summed E-state index contributed by atoms with van der Waals surface area (Å²) < 4.78 is 33.4. The summed E-state index contributed by atoms with van der Waals surface area (Å²) in [6.07, 6.45) is 3.72. The molecule has 0 amide bonds. The molecule has 1 heterocycles. The molecule has 0 atom stereocenters. The van der Waals surface area contributed by atoms with Gasteiger partial charge in [0.05, 0.1) is 19.0 Å². The minimum Gasteiger partial charge on any atom is -0.495 e. The zero-order chi connectivity index (χ0) is 19.3. The molecule has 0 saturated carbocycles. The van der Waals surface area contributed by atoms with Crippen LogP contribution in [0.25, 0.3) is 0 Å². The Morgan fingerprint density at radius 3 is 2.46 bits per heavy atom. The summed E-state index contributed by atoms with van der Waals surface area (Å²) in [6, 6.07) is 6.88. The molecule has 1 N–H and O–H groups in total. The van der Waals surface area contributed by atoms with Gasteiger partial charge in [-0.15, -0.1) is 0 Å². The number of ether oxygens (including phenoxy) is 1. The Hall–Kier alpha value is -2.28. The highest BCUT2D eigenvalue weighted by Gasteiger charge is 2.21. The lowest BCUT2D eigenvalue weighted by Gasteiger charge is -2.18. The van der Waals surface area contributed by atoms with E-state index in [0.717, 1.165) is 36.3 Å². The van der Waals surface area contributed by atoms with Crippen molar-refractivity contribution in [3.8, 4) is 5.75 Å². The molecule has 0 aliphatic rings. The number of hydrogen-bond donors (Lipinski definition) is 1. The molecular weight excluding hydrogens is 350 g/mol. The number of rotatable bonds is 8. The third-order valence-electron chi connectivity index (χ3n) is 4.31. The minimum atomic E-state index is -3.77. The van der Waals surface area contributed by atoms with Crippen LogP contribution in [-0.4, -0.2) is 34.1 Å². The summed E-state index contributed by atoms with van der Waals surface area (Å²) >= 11 is 0. The fourth-order valence-electron chi connectivity index (χ4n) is 2.52. The number of aryl methyl sites for hydroxylation is 2. The zero-order valence-electron chi connectivity index (χ0n) is 16.0. The molecule has 0 bridgehead atoms. The third-order valence-corrected chi connectivity index (χ3v) is 5.71. The fraction of sp³-hybridized carbons (Fsp3) is 0.421. The van der Waals surface area contributed by atoms with Crippen LogP contribution in [0.1, 0.15) is 30.9 Å². The number of nitrogens with one attached hydrogen (secondary N) is 1. The topological polar surface area (TPSA) is 71.5 Å². The predicted molar refractivity (Wildman–Crippen MR) is 106 cm³/mol. The maximum Gasteiger partial charge on any atom is 0.265 e. The second kappa shape index (κ2) is 8.40. The predicted octanol–water partition coefficient (Wildman–Crippen LogP) is 3.74. The van der Waals surface area contributed by atoms with Crippen molar-refractivity contribution in [3.63, 3.8) is 0 Å². The molecule has 0 unspecified atom stereocenters. The average molecular weight is 378 g/mol. The van der Waals surface area contributed by atoms with E-state index < -0.39 is 10.0 Å². The van der Waals surface area contributed by atoms with Crippen LogP contribution in [0.4, 0.5) is 11.5 Å². The van der Waals surface area contributed by atoms with E-state index in [0.29, 0.717) is 11.4 Å². The molecule has 6 nitrogen and oxygen atoms in total. The first-order chi connectivity index (χ1) is 12.3. The molecule has 1 aromatic heterocycles. The largest absolute Gasteiger partial charge is 0.495 e. The average Bonchev–Trinajstić information content (AvgIpc) is 2.61. The van der Waals surface area contributed by atoms with Gasteiger partial charge in [0.1, 0.15) is 16.5 Å². The van der Waals surface area contributed by atoms with Gasteiger partial charge in [-0.3, -0.25) is 4.72 Å². The molecule has 142 valence electrons. The number of pyridine rings is 1. The van der Waals surface area contributed by atoms with Crippen molar-refractivity contribution in [3.05, 3.63) is 41.6 Å². The Bertz CT molecular complexity index is 849. The summed E-state index contributed by atoms with van der Waals surface area (Å²) in [4.78, 5) is 6.52. The third kappa shape index (κ3) is 4.66. The Morgan fingerprint density at radius 1 is 1.19 bits per heavy atom. The molecule has 2 rings (SSSR count). The number of methoxy groups -OCH3 is 1. The molecular formula is C19H27N3O3S. The maximum absolute atomic E-state index is 12.8. The van der Waals surface area contributed by atoms with Gasteiger partial charge in [0.25, 0.3) is 10.0 Å². The van der Waals surface area contributed by atoms with E-state index in [-0.39, 0.29) is 4.90 Å². The van der Waals surface area contributed by atoms with Crippen LogP contribution in [0.15, 0.2) is 35.4 Å². The van der Waals surface area contributed by atoms with E-state index in [4.69, 9.17) is 4.74 Å². The first-order valence-electron chi connectivity index (χ1n) is 8.63. The van der Waals surface area contributed by atoms with Crippen molar-refractivity contribution in [2.75, 3.05) is 30.3 Å². The smallest absolute Gasteiger partial charge is 0.265 e. The lowest BCUT2D eigenvalue weighted by atomic mass is 10.1. The van der Waals surface area contributed by atoms with Crippen LogP contribution in [0, 0.1) is 13.8 Å². The van der Waals surface area contributed by atoms with E-state index in [1.807, 2.05) is 31.9 Å². The fourth-order valence-corrected chi connectivity index (χ4v) is 3.80. The van der Waals surface area contributed by atoms with Crippen molar-refractivity contribution in [1.29, 1.82) is 0 Å². The van der Waals surface area contributed by atoms with Crippen molar-refractivity contribution in [1.82, 2.24) is 4.98 Å². The van der Waals surface area contributed by atoms with Gasteiger partial charge in [0.2, 0.25) is 0 Å². The Balaban J connectivity index is 2.23. The van der Waals surface area contributed by atoms with Gasteiger partial charge in [0, 0.05) is 13.6 Å². The number of aromatic nitrogens is 1. The molecule has 0 aliphatic carbocycles. The van der Waals surface area contributed by atoms with Crippen LogP contribution < -0.4 is 14.4 Å². The van der Waals surface area contributed by atoms with E-state index >= 15 is 0 Å². The molecule has 2 aromatic rings. The summed E-state index contributed by atoms with van der Waals surface area (Å²) in [6.45, 7) is 6.84. The van der Waals surface area contributed by atoms with Gasteiger partial charge in [0.15, 0.2) is 0 Å². The van der Waals surface area contributed by atoms with Gasteiger partial charge in [-0.1, -0.05) is 13.3 Å². The Morgan fingerprint density at radius 2 is 1.88 bits per heavy atom. The molecule has 26 heavy (non-hydrogen) atoms. The minimum absolute atomic E-state index is 0.118. The summed E-state index contributed by atoms with van der Waals surface area (Å²) in [5, 5.41) is 0. The summed E-state index contributed by atoms with van der Waals surface area (Å²) in [7, 11) is -0.333. The summed E-state index contributed by atoms with van der Waals surface area (Å²) in [5.74, 6) is 1.13. The SMILES string of the molecule is CCCCN(C)c1ccc(NS(=O)(=O)c2cc(C)c(C)cc2OC)cn1. The van der Waals surface area contributed by atoms with E-state index in [2.05, 4.69) is 16.6 Å². The van der Waals surface area contributed by atoms with Gasteiger partial charge in [-0.05, 0) is 55.7 Å². The molecule has 0 saturated heterocycles. The van der Waals surface area contributed by atoms with Gasteiger partial charge < -0.3 is 9.64 Å². The highest BCUT2D eigenvalue weighted by Crippen LogP contribution is 2.29. The van der Waals surface area contributed by atoms with Crippen molar-refractivity contribution >= 4 is 21.5 Å². The first-order valence-corrected chi connectivity index (χ1v) is 10.1. The second-order valence-corrected chi connectivity index (χ2v) is 8.02. The lowest BCUT2D eigenvalue weighted by molar-refractivity contribution is 0.402. The van der Waals surface area contributed by atoms with E-state index in [1.54, 1.807) is 18.2 Å². The van der Waals surface area contributed by atoms with Gasteiger partial charge in [-0.2, -0.15) is 0 Å². The highest BCUT2D eigenvalue weighted by molar-refractivity contribution is 7.92. The Kier molecular flexibility index (Phi) is 6.47. The standard InChI is InChI=1S/C19H27N3O3S/c1-6-7-10-22(4)19-9-8-16(13-20-19)21-26(23,24)18-12-15(3)14(2)11-17(18)25-5/h8-9,11-13,21H,6-7,10H2,1-5H3.